The molecular formula is C26H21ClN6O4. The average molecular weight is 517 g/mol. The Labute approximate surface area is 215 Å². The molecule has 1 unspecified atom stereocenters. The molecule has 2 saturated heterocycles. The van der Waals surface area contributed by atoms with E-state index in [0.717, 1.165) is 22.4 Å². The van der Waals surface area contributed by atoms with Crippen LogP contribution in [0.4, 0.5) is 0 Å². The van der Waals surface area contributed by atoms with Crippen LogP contribution >= 0.6 is 11.6 Å². The number of aromatic amines is 1. The molecule has 0 spiro atoms. The number of nitrogens with one attached hydrogen (secondary N) is 1. The van der Waals surface area contributed by atoms with E-state index in [0.29, 0.717) is 34.5 Å². The van der Waals surface area contributed by atoms with E-state index in [1.807, 2.05) is 41.0 Å². The smallest absolute Gasteiger partial charge is 0.296 e. The topological polar surface area (TPSA) is 120 Å². The van der Waals surface area contributed by atoms with Crippen molar-refractivity contribution in [3.63, 3.8) is 0 Å². The van der Waals surface area contributed by atoms with Gasteiger partial charge in [0.1, 0.15) is 31.0 Å². The molecule has 0 aliphatic carbocycles. The van der Waals surface area contributed by atoms with Crippen molar-refractivity contribution in [3.05, 3.63) is 72.3 Å². The number of rotatable bonds is 5. The van der Waals surface area contributed by atoms with Crippen LogP contribution in [0.15, 0.2) is 67.3 Å². The summed E-state index contributed by atoms with van der Waals surface area (Å²) < 4.78 is 19.1. The molecule has 3 aromatic heterocycles. The highest BCUT2D eigenvalue weighted by Gasteiger charge is 2.48. The zero-order chi connectivity index (χ0) is 24.9. The van der Waals surface area contributed by atoms with Crippen molar-refractivity contribution in [3.8, 4) is 34.1 Å². The molecule has 2 N–H and O–H groups in total. The Hall–Kier alpha value is -3.83. The van der Waals surface area contributed by atoms with E-state index >= 15 is 0 Å². The van der Waals surface area contributed by atoms with E-state index in [1.165, 1.54) is 0 Å². The zero-order valence-electron chi connectivity index (χ0n) is 19.4. The number of H-pyrrole nitrogens is 1. The van der Waals surface area contributed by atoms with Crippen molar-refractivity contribution < 1.29 is 19.3 Å². The number of fused-ring (bicyclic) bond motifs is 2. The van der Waals surface area contributed by atoms with Gasteiger partial charge in [0.25, 0.3) is 6.01 Å². The van der Waals surface area contributed by atoms with Gasteiger partial charge in [-0.2, -0.15) is 4.98 Å². The van der Waals surface area contributed by atoms with Gasteiger partial charge in [-0.05, 0) is 29.3 Å². The van der Waals surface area contributed by atoms with Crippen molar-refractivity contribution in [2.75, 3.05) is 13.2 Å². The first-order valence-corrected chi connectivity index (χ1v) is 12.2. The molecule has 0 amide bonds. The molecule has 186 valence electrons. The summed E-state index contributed by atoms with van der Waals surface area (Å²) in [6.07, 6.45) is 1.63. The van der Waals surface area contributed by atoms with Gasteiger partial charge >= 0.3 is 0 Å². The first-order valence-electron chi connectivity index (χ1n) is 11.8. The Kier molecular flexibility index (Phi) is 5.40. The standard InChI is InChI=1S/C26H21ClN6O4/c27-18-9-19-25(32-26(30-19)37-21-11-36-23-20(34)10-35-24(21)23)31-22(18)16-3-1-14(2-4-16)15-5-7-17(8-6-15)33-12-28-29-13-33/h1-9,12-13,20-21,23-24,34H,10-11H2,(H,30,31,32)/t20-,21-,23-,24?/m1/s1. The minimum absolute atomic E-state index is 0.239. The van der Waals surface area contributed by atoms with E-state index in [2.05, 4.69) is 37.3 Å². The second-order valence-corrected chi connectivity index (χ2v) is 9.45. The first-order chi connectivity index (χ1) is 18.1. The molecule has 5 aromatic rings. The van der Waals surface area contributed by atoms with Gasteiger partial charge in [0.2, 0.25) is 0 Å². The van der Waals surface area contributed by atoms with Gasteiger partial charge in [-0.1, -0.05) is 48.0 Å². The maximum absolute atomic E-state index is 9.94. The molecule has 5 heterocycles. The maximum Gasteiger partial charge on any atom is 0.296 e. The number of benzene rings is 2. The minimum Gasteiger partial charge on any atom is -0.456 e. The predicted octanol–water partition coefficient (Wildman–Crippen LogP) is 3.43. The number of pyridine rings is 1. The van der Waals surface area contributed by atoms with Crippen LogP contribution in [0.1, 0.15) is 0 Å². The number of aliphatic hydroxyl groups is 1. The lowest BCUT2D eigenvalue weighted by molar-refractivity contribution is 0.00706. The molecule has 7 rings (SSSR count). The van der Waals surface area contributed by atoms with Gasteiger partial charge in [0, 0.05) is 11.3 Å². The number of halogens is 1. The number of aliphatic hydroxyl groups excluding tert-OH is 1. The fourth-order valence-electron chi connectivity index (χ4n) is 4.82. The third-order valence-corrected chi connectivity index (χ3v) is 7.01. The Balaban J connectivity index is 1.11. The summed E-state index contributed by atoms with van der Waals surface area (Å²) in [5, 5.41) is 18.1. The van der Waals surface area contributed by atoms with E-state index in [1.54, 1.807) is 18.7 Å². The van der Waals surface area contributed by atoms with Crippen LogP contribution in [-0.4, -0.2) is 72.5 Å². The Bertz CT molecular complexity index is 1560. The Morgan fingerprint density at radius 3 is 2.32 bits per heavy atom. The van der Waals surface area contributed by atoms with Gasteiger partial charge in [-0.15, -0.1) is 10.2 Å². The highest BCUT2D eigenvalue weighted by atomic mass is 35.5. The third kappa shape index (κ3) is 4.04. The van der Waals surface area contributed by atoms with Crippen LogP contribution in [0.5, 0.6) is 6.01 Å². The second-order valence-electron chi connectivity index (χ2n) is 9.04. The number of imidazole rings is 1. The lowest BCUT2D eigenvalue weighted by atomic mass is 10.0. The van der Waals surface area contributed by atoms with Gasteiger partial charge < -0.3 is 24.3 Å². The second kappa shape index (κ2) is 8.93. The molecule has 2 aliphatic heterocycles. The molecule has 2 fully saturated rings. The molecule has 11 heteroatoms. The summed E-state index contributed by atoms with van der Waals surface area (Å²) >= 11 is 6.60. The summed E-state index contributed by atoms with van der Waals surface area (Å²) in [5.41, 5.74) is 5.82. The number of ether oxygens (including phenoxy) is 3. The van der Waals surface area contributed by atoms with Crippen molar-refractivity contribution in [1.29, 1.82) is 0 Å². The minimum atomic E-state index is -0.636. The van der Waals surface area contributed by atoms with Crippen molar-refractivity contribution in [2.24, 2.45) is 0 Å². The first kappa shape index (κ1) is 22.4. The van der Waals surface area contributed by atoms with Gasteiger partial charge in [0.15, 0.2) is 11.8 Å². The number of nitrogens with zero attached hydrogens (tertiary/aromatic N) is 5. The summed E-state index contributed by atoms with van der Waals surface area (Å²) in [6, 6.07) is 18.3. The summed E-state index contributed by atoms with van der Waals surface area (Å²) in [4.78, 5) is 12.3. The van der Waals surface area contributed by atoms with Crippen LogP contribution in [0.3, 0.4) is 0 Å². The number of aromatic nitrogens is 6. The van der Waals surface area contributed by atoms with Crippen molar-refractivity contribution >= 4 is 22.8 Å². The molecule has 37 heavy (non-hydrogen) atoms. The fourth-order valence-corrected chi connectivity index (χ4v) is 5.08. The van der Waals surface area contributed by atoms with E-state index < -0.39 is 6.10 Å². The monoisotopic (exact) mass is 516 g/mol. The highest BCUT2D eigenvalue weighted by molar-refractivity contribution is 6.33. The summed E-state index contributed by atoms with van der Waals surface area (Å²) in [5.74, 6) is 0. The average Bonchev–Trinajstić information content (AvgIpc) is 3.71. The SMILES string of the molecule is O[C@@H]1COC2[C@H](Oc3nc4nc(-c5ccc(-c6ccc(-n7cnnc7)cc6)cc5)c(Cl)cc4[nH]3)CO[C@@H]21. The van der Waals surface area contributed by atoms with E-state index in [4.69, 9.17) is 25.8 Å². The normalized spacial score (nSPS) is 23.0. The summed E-state index contributed by atoms with van der Waals surface area (Å²) in [6.45, 7) is 0.557. The van der Waals surface area contributed by atoms with Crippen molar-refractivity contribution in [2.45, 2.75) is 24.4 Å². The van der Waals surface area contributed by atoms with Gasteiger partial charge in [-0.3, -0.25) is 4.57 Å². The molecule has 2 aliphatic rings. The molecular weight excluding hydrogens is 496 g/mol. The van der Waals surface area contributed by atoms with Crippen LogP contribution in [0, 0.1) is 0 Å². The molecule has 10 nitrogen and oxygen atoms in total. The zero-order valence-corrected chi connectivity index (χ0v) is 20.1. The molecule has 2 aromatic carbocycles. The third-order valence-electron chi connectivity index (χ3n) is 6.73. The summed E-state index contributed by atoms with van der Waals surface area (Å²) in [7, 11) is 0. The predicted molar refractivity (Wildman–Crippen MR) is 135 cm³/mol. The Morgan fingerprint density at radius 1 is 0.892 bits per heavy atom. The van der Waals surface area contributed by atoms with Crippen LogP contribution in [0.25, 0.3) is 39.2 Å². The molecule has 4 atom stereocenters. The quantitative estimate of drug-likeness (QED) is 0.364. The maximum atomic E-state index is 9.94. The van der Waals surface area contributed by atoms with E-state index in [9.17, 15) is 5.11 Å². The highest BCUT2D eigenvalue weighted by Crippen LogP contribution is 2.33. The van der Waals surface area contributed by atoms with Crippen LogP contribution < -0.4 is 4.74 Å². The van der Waals surface area contributed by atoms with Gasteiger partial charge in [0.05, 0.1) is 29.4 Å². The lowest BCUT2D eigenvalue weighted by Gasteiger charge is -2.15. The fraction of sp³-hybridized carbons (Fsp3) is 0.231. The Morgan fingerprint density at radius 2 is 1.57 bits per heavy atom. The van der Waals surface area contributed by atoms with E-state index in [-0.39, 0.29) is 24.9 Å². The van der Waals surface area contributed by atoms with Crippen molar-refractivity contribution in [1.82, 2.24) is 29.7 Å². The molecule has 0 radical (unpaired) electrons. The molecule has 0 saturated carbocycles. The van der Waals surface area contributed by atoms with Crippen LogP contribution in [-0.2, 0) is 9.47 Å². The van der Waals surface area contributed by atoms with Crippen LogP contribution in [0.2, 0.25) is 5.02 Å². The van der Waals surface area contributed by atoms with Gasteiger partial charge in [-0.25, -0.2) is 4.98 Å². The largest absolute Gasteiger partial charge is 0.456 e. The number of hydrogen-bond acceptors (Lipinski definition) is 8. The number of hydrogen-bond donors (Lipinski definition) is 2. The molecule has 0 bridgehead atoms. The lowest BCUT2D eigenvalue weighted by Crippen LogP contribution is -2.34.